The molecular formula is C55H112. The molecule has 0 fully saturated rings. The van der Waals surface area contributed by atoms with Crippen molar-refractivity contribution < 1.29 is 0 Å². The summed E-state index contributed by atoms with van der Waals surface area (Å²) in [5.74, 6) is 1.03. The highest BCUT2D eigenvalue weighted by molar-refractivity contribution is 4.63. The van der Waals surface area contributed by atoms with E-state index in [2.05, 4.69) is 20.8 Å². The molecule has 0 aliphatic heterocycles. The van der Waals surface area contributed by atoms with Gasteiger partial charge in [-0.3, -0.25) is 0 Å². The lowest BCUT2D eigenvalue weighted by Gasteiger charge is -2.17. The van der Waals surface area contributed by atoms with E-state index in [0.29, 0.717) is 0 Å². The molecule has 0 aliphatic carbocycles. The summed E-state index contributed by atoms with van der Waals surface area (Å²) in [7, 11) is 0. The van der Waals surface area contributed by atoms with E-state index in [-0.39, 0.29) is 0 Å². The Hall–Kier alpha value is 0. The standard InChI is InChI=1S/C55H112/c1-4-7-10-13-16-19-22-25-28-31-34-37-40-43-46-49-52-55(53-50-47-44-41-38-35-32-29-26-23-20-17-14-11-8-5-2)54-51-48-45-42-39-36-33-30-27-24-21-18-15-12-9-6-3/h55H,4-54H2,1-3H3. The van der Waals surface area contributed by atoms with Gasteiger partial charge in [-0.1, -0.05) is 348 Å². The molecule has 0 aromatic carbocycles. The Kier molecular flexibility index (Phi) is 52.0. The topological polar surface area (TPSA) is 0 Å². The van der Waals surface area contributed by atoms with Crippen LogP contribution in [-0.4, -0.2) is 0 Å². The van der Waals surface area contributed by atoms with Crippen LogP contribution in [-0.2, 0) is 0 Å². The van der Waals surface area contributed by atoms with Crippen LogP contribution in [0.2, 0.25) is 0 Å². The first-order valence-electron chi connectivity index (χ1n) is 27.3. The second kappa shape index (κ2) is 52.0. The molecule has 0 bridgehead atoms. The molecule has 0 radical (unpaired) electrons. The van der Waals surface area contributed by atoms with Crippen LogP contribution < -0.4 is 0 Å². The molecule has 0 aromatic heterocycles. The molecule has 0 unspecified atom stereocenters. The normalized spacial score (nSPS) is 11.8. The highest BCUT2D eigenvalue weighted by Crippen LogP contribution is 2.25. The van der Waals surface area contributed by atoms with Gasteiger partial charge < -0.3 is 0 Å². The number of hydrogen-bond donors (Lipinski definition) is 0. The van der Waals surface area contributed by atoms with E-state index in [0.717, 1.165) is 5.92 Å². The Balaban J connectivity index is 3.94. The number of unbranched alkanes of at least 4 members (excludes halogenated alkanes) is 45. The third kappa shape index (κ3) is 50.1. The largest absolute Gasteiger partial charge is 0.0654 e. The van der Waals surface area contributed by atoms with Gasteiger partial charge in [0.25, 0.3) is 0 Å². The summed E-state index contributed by atoms with van der Waals surface area (Å²) < 4.78 is 0. The van der Waals surface area contributed by atoms with E-state index >= 15 is 0 Å². The summed E-state index contributed by atoms with van der Waals surface area (Å²) in [5, 5.41) is 0. The van der Waals surface area contributed by atoms with Gasteiger partial charge in [-0.2, -0.15) is 0 Å². The minimum atomic E-state index is 1.03. The maximum atomic E-state index is 2.32. The van der Waals surface area contributed by atoms with Crippen molar-refractivity contribution in [3.63, 3.8) is 0 Å². The third-order valence-corrected chi connectivity index (χ3v) is 13.4. The predicted octanol–water partition coefficient (Wildman–Crippen LogP) is 21.6. The Labute approximate surface area is 352 Å². The van der Waals surface area contributed by atoms with E-state index < -0.39 is 0 Å². The monoisotopic (exact) mass is 773 g/mol. The Morgan fingerprint density at radius 3 is 0.382 bits per heavy atom. The first kappa shape index (κ1) is 55.0. The van der Waals surface area contributed by atoms with Crippen molar-refractivity contribution in [2.75, 3.05) is 0 Å². The maximum absolute atomic E-state index is 2.32. The Morgan fingerprint density at radius 1 is 0.145 bits per heavy atom. The zero-order valence-electron chi connectivity index (χ0n) is 39.6. The molecule has 0 N–H and O–H groups in total. The molecule has 0 saturated heterocycles. The van der Waals surface area contributed by atoms with Crippen LogP contribution in [0.4, 0.5) is 0 Å². The van der Waals surface area contributed by atoms with Crippen molar-refractivity contribution >= 4 is 0 Å². The highest BCUT2D eigenvalue weighted by Gasteiger charge is 2.09. The van der Waals surface area contributed by atoms with Crippen molar-refractivity contribution in [1.29, 1.82) is 0 Å². The van der Waals surface area contributed by atoms with Gasteiger partial charge in [0, 0.05) is 0 Å². The molecule has 0 amide bonds. The van der Waals surface area contributed by atoms with Crippen molar-refractivity contribution in [1.82, 2.24) is 0 Å². The second-order valence-electron chi connectivity index (χ2n) is 19.1. The van der Waals surface area contributed by atoms with Crippen LogP contribution in [0, 0.1) is 5.92 Å². The van der Waals surface area contributed by atoms with Crippen LogP contribution in [0.15, 0.2) is 0 Å². The Morgan fingerprint density at radius 2 is 0.255 bits per heavy atom. The van der Waals surface area contributed by atoms with Crippen LogP contribution in [0.5, 0.6) is 0 Å². The average molecular weight is 774 g/mol. The van der Waals surface area contributed by atoms with Crippen molar-refractivity contribution in [3.8, 4) is 0 Å². The highest BCUT2D eigenvalue weighted by atomic mass is 14.2. The Bertz CT molecular complexity index is 536. The summed E-state index contributed by atoms with van der Waals surface area (Å²) in [6.45, 7) is 6.96. The SMILES string of the molecule is CCCCCCCCCCCCCCCCCCC(CCCCCCCCCCCCCCCCCC)CCCCCCCCCCCCCCCCCC. The van der Waals surface area contributed by atoms with Crippen LogP contribution in [0.25, 0.3) is 0 Å². The van der Waals surface area contributed by atoms with Gasteiger partial charge in [0.05, 0.1) is 0 Å². The zero-order valence-corrected chi connectivity index (χ0v) is 39.6. The van der Waals surface area contributed by atoms with Gasteiger partial charge in [0.15, 0.2) is 0 Å². The molecule has 332 valence electrons. The first-order chi connectivity index (χ1) is 27.3. The van der Waals surface area contributed by atoms with E-state index in [1.807, 2.05) is 0 Å². The van der Waals surface area contributed by atoms with E-state index in [1.165, 1.54) is 327 Å². The van der Waals surface area contributed by atoms with Gasteiger partial charge in [-0.25, -0.2) is 0 Å². The molecule has 0 rings (SSSR count). The third-order valence-electron chi connectivity index (χ3n) is 13.4. The number of rotatable bonds is 51. The fourth-order valence-corrected chi connectivity index (χ4v) is 9.38. The molecule has 0 heteroatoms. The fraction of sp³-hybridized carbons (Fsp3) is 1.00. The zero-order chi connectivity index (χ0) is 39.6. The van der Waals surface area contributed by atoms with Gasteiger partial charge in [0.2, 0.25) is 0 Å². The van der Waals surface area contributed by atoms with Gasteiger partial charge in [0.1, 0.15) is 0 Å². The van der Waals surface area contributed by atoms with Gasteiger partial charge in [-0.15, -0.1) is 0 Å². The first-order valence-corrected chi connectivity index (χ1v) is 27.3. The summed E-state index contributed by atoms with van der Waals surface area (Å²) in [6.07, 6.45) is 75.8. The minimum absolute atomic E-state index is 1.03. The van der Waals surface area contributed by atoms with Gasteiger partial charge >= 0.3 is 0 Å². The van der Waals surface area contributed by atoms with E-state index in [9.17, 15) is 0 Å². The summed E-state index contributed by atoms with van der Waals surface area (Å²) >= 11 is 0. The molecule has 0 nitrogen and oxygen atoms in total. The van der Waals surface area contributed by atoms with Gasteiger partial charge in [-0.05, 0) is 5.92 Å². The van der Waals surface area contributed by atoms with Crippen LogP contribution >= 0.6 is 0 Å². The quantitative estimate of drug-likeness (QED) is 0.0540. The minimum Gasteiger partial charge on any atom is -0.0654 e. The van der Waals surface area contributed by atoms with Crippen molar-refractivity contribution in [3.05, 3.63) is 0 Å². The lowest BCUT2D eigenvalue weighted by Crippen LogP contribution is -2.01. The van der Waals surface area contributed by atoms with Crippen molar-refractivity contribution in [2.45, 2.75) is 348 Å². The average Bonchev–Trinajstić information content (AvgIpc) is 3.20. The molecular weight excluding hydrogens is 661 g/mol. The molecule has 0 spiro atoms. The second-order valence-corrected chi connectivity index (χ2v) is 19.1. The maximum Gasteiger partial charge on any atom is -0.0414 e. The fourth-order valence-electron chi connectivity index (χ4n) is 9.38. The molecule has 0 aromatic rings. The smallest absolute Gasteiger partial charge is 0.0414 e. The summed E-state index contributed by atoms with van der Waals surface area (Å²) in [6, 6.07) is 0. The lowest BCUT2D eigenvalue weighted by atomic mass is 9.89. The number of hydrogen-bond acceptors (Lipinski definition) is 0. The van der Waals surface area contributed by atoms with E-state index in [4.69, 9.17) is 0 Å². The molecule has 0 atom stereocenters. The molecule has 0 saturated carbocycles. The van der Waals surface area contributed by atoms with Crippen molar-refractivity contribution in [2.24, 2.45) is 5.92 Å². The molecule has 0 heterocycles. The van der Waals surface area contributed by atoms with E-state index in [1.54, 1.807) is 0 Å². The molecule has 0 aliphatic rings. The predicted molar refractivity (Wildman–Crippen MR) is 256 cm³/mol. The van der Waals surface area contributed by atoms with Crippen LogP contribution in [0.3, 0.4) is 0 Å². The lowest BCUT2D eigenvalue weighted by molar-refractivity contribution is 0.365. The van der Waals surface area contributed by atoms with Crippen LogP contribution in [0.1, 0.15) is 348 Å². The summed E-state index contributed by atoms with van der Waals surface area (Å²) in [4.78, 5) is 0. The summed E-state index contributed by atoms with van der Waals surface area (Å²) in [5.41, 5.74) is 0. The molecule has 55 heavy (non-hydrogen) atoms.